The molecule has 1 saturated carbocycles. The van der Waals surface area contributed by atoms with Gasteiger partial charge in [-0.05, 0) is 97.8 Å². The second kappa shape index (κ2) is 13.7. The summed E-state index contributed by atoms with van der Waals surface area (Å²) in [6.07, 6.45) is 3.84. The predicted octanol–water partition coefficient (Wildman–Crippen LogP) is 4.22. The summed E-state index contributed by atoms with van der Waals surface area (Å²) in [5, 5.41) is 18.5. The van der Waals surface area contributed by atoms with E-state index >= 15 is 0 Å². The third-order valence-corrected chi connectivity index (χ3v) is 11.4. The quantitative estimate of drug-likeness (QED) is 0.291. The number of hydrogen-bond acceptors (Lipinski definition) is 9. The molecule has 2 saturated heterocycles. The molecule has 1 aliphatic carbocycles. The summed E-state index contributed by atoms with van der Waals surface area (Å²) in [4.78, 5) is 69.2. The average Bonchev–Trinajstić information content (AvgIpc) is 3.62. The molecule has 4 aliphatic heterocycles. The molecule has 3 N–H and O–H groups in total. The van der Waals surface area contributed by atoms with Crippen molar-refractivity contribution in [2.24, 2.45) is 5.92 Å². The zero-order valence-electron chi connectivity index (χ0n) is 28.5. The SMILES string of the molecule is N#Cc1ccc(N[C@H]2CC[C@H](NC(=O)c3ccc(N4CC(CN5Cc6cc7c(cc6C5)C(=O)N(C5CCC(=O)NC5=O)C7=O)C4)cc3)CC2)cc1Cl. The molecule has 52 heavy (non-hydrogen) atoms. The van der Waals surface area contributed by atoms with Gasteiger partial charge in [-0.25, -0.2) is 0 Å². The third-order valence-electron chi connectivity index (χ3n) is 11.0. The third kappa shape index (κ3) is 6.50. The highest BCUT2D eigenvalue weighted by atomic mass is 35.5. The van der Waals surface area contributed by atoms with Gasteiger partial charge in [0.05, 0.1) is 21.7 Å². The second-order valence-electron chi connectivity index (χ2n) is 14.6. The summed E-state index contributed by atoms with van der Waals surface area (Å²) in [5.74, 6) is -1.54. The number of hydrogen-bond donors (Lipinski definition) is 3. The Morgan fingerprint density at radius 2 is 1.52 bits per heavy atom. The van der Waals surface area contributed by atoms with Crippen LogP contribution in [0, 0.1) is 17.2 Å². The van der Waals surface area contributed by atoms with Crippen LogP contribution in [0.3, 0.4) is 0 Å². The highest BCUT2D eigenvalue weighted by molar-refractivity contribution is 6.32. The molecule has 0 bridgehead atoms. The number of imide groups is 2. The fraction of sp³-hybridized carbons (Fsp3) is 0.385. The first kappa shape index (κ1) is 33.9. The Labute approximate surface area is 306 Å². The van der Waals surface area contributed by atoms with E-state index in [9.17, 15) is 24.0 Å². The van der Waals surface area contributed by atoms with E-state index in [1.165, 1.54) is 0 Å². The maximum Gasteiger partial charge on any atom is 0.262 e. The molecule has 12 nitrogen and oxygen atoms in total. The van der Waals surface area contributed by atoms with Gasteiger partial charge < -0.3 is 15.5 Å². The summed E-state index contributed by atoms with van der Waals surface area (Å²) in [6.45, 7) is 4.07. The van der Waals surface area contributed by atoms with Gasteiger partial charge in [0.15, 0.2) is 0 Å². The summed E-state index contributed by atoms with van der Waals surface area (Å²) in [6, 6.07) is 18.3. The van der Waals surface area contributed by atoms with E-state index in [4.69, 9.17) is 16.9 Å². The Morgan fingerprint density at radius 1 is 0.865 bits per heavy atom. The maximum absolute atomic E-state index is 13.2. The normalized spacial score (nSPS) is 23.1. The number of piperidine rings is 1. The van der Waals surface area contributed by atoms with Crippen molar-refractivity contribution in [1.82, 2.24) is 20.4 Å². The Hall–Kier alpha value is -5.25. The van der Waals surface area contributed by atoms with Crippen molar-refractivity contribution < 1.29 is 24.0 Å². The number of anilines is 2. The van der Waals surface area contributed by atoms with Crippen molar-refractivity contribution in [1.29, 1.82) is 5.26 Å². The number of rotatable bonds is 8. The van der Waals surface area contributed by atoms with Crippen molar-refractivity contribution >= 4 is 52.5 Å². The summed E-state index contributed by atoms with van der Waals surface area (Å²) < 4.78 is 0. The van der Waals surface area contributed by atoms with Crippen LogP contribution in [0.1, 0.15) is 86.3 Å². The standard InChI is InChI=1S/C39H38ClN7O5/c40-33-15-29(4-1-24(33)16-41)42-27-5-7-28(8-6-27)43-36(49)23-2-9-30(10-3-23)46-18-22(19-46)17-45-20-25-13-31-32(14-26(25)21-45)39(52)47(38(31)51)34-11-12-35(48)44-37(34)50/h1-4,9-10,13-15,22,27-28,34,42H,5-8,11-12,17-21H2,(H,43,49)(H,44,48,50)/t27-,28-,34?. The van der Waals surface area contributed by atoms with E-state index in [2.05, 4.69) is 31.8 Å². The first-order valence-electron chi connectivity index (χ1n) is 17.9. The van der Waals surface area contributed by atoms with E-state index in [1.807, 2.05) is 30.3 Å². The lowest BCUT2D eigenvalue weighted by Crippen LogP contribution is -2.54. The largest absolute Gasteiger partial charge is 0.382 e. The van der Waals surface area contributed by atoms with Gasteiger partial charge in [0.2, 0.25) is 11.8 Å². The Balaban J connectivity index is 0.782. The molecule has 3 aromatic rings. The first-order valence-corrected chi connectivity index (χ1v) is 18.2. The monoisotopic (exact) mass is 719 g/mol. The van der Waals surface area contributed by atoms with Crippen LogP contribution < -0.4 is 20.9 Å². The fourth-order valence-corrected chi connectivity index (χ4v) is 8.46. The molecule has 0 spiro atoms. The summed E-state index contributed by atoms with van der Waals surface area (Å²) in [5.41, 5.74) is 5.79. The van der Waals surface area contributed by atoms with Crippen LogP contribution in [0.2, 0.25) is 5.02 Å². The van der Waals surface area contributed by atoms with Crippen LogP contribution in [0.15, 0.2) is 54.6 Å². The molecule has 3 fully saturated rings. The van der Waals surface area contributed by atoms with Crippen molar-refractivity contribution in [3.05, 3.63) is 93.0 Å². The van der Waals surface area contributed by atoms with Crippen LogP contribution in [0.25, 0.3) is 0 Å². The van der Waals surface area contributed by atoms with Gasteiger partial charge in [0, 0.05) is 74.1 Å². The molecular weight excluding hydrogens is 682 g/mol. The smallest absolute Gasteiger partial charge is 0.262 e. The Kier molecular flexibility index (Phi) is 8.93. The molecule has 0 radical (unpaired) electrons. The number of nitriles is 1. The second-order valence-corrected chi connectivity index (χ2v) is 15.0. The molecule has 0 aromatic heterocycles. The lowest BCUT2D eigenvalue weighted by Gasteiger charge is -2.42. The van der Waals surface area contributed by atoms with Crippen LogP contribution in [-0.4, -0.2) is 77.1 Å². The average molecular weight is 720 g/mol. The summed E-state index contributed by atoms with van der Waals surface area (Å²) >= 11 is 6.18. The molecule has 266 valence electrons. The number of amides is 5. The lowest BCUT2D eigenvalue weighted by atomic mass is 9.90. The number of carbonyl (C=O) groups excluding carboxylic acids is 5. The van der Waals surface area contributed by atoms with Crippen molar-refractivity contribution in [2.75, 3.05) is 29.9 Å². The van der Waals surface area contributed by atoms with Crippen LogP contribution >= 0.6 is 11.6 Å². The van der Waals surface area contributed by atoms with E-state index < -0.39 is 29.7 Å². The number of halogens is 1. The molecule has 5 aliphatic rings. The fourth-order valence-electron chi connectivity index (χ4n) is 8.23. The number of nitrogens with zero attached hydrogens (tertiary/aromatic N) is 4. The molecule has 1 unspecified atom stereocenters. The maximum atomic E-state index is 13.2. The van der Waals surface area contributed by atoms with E-state index in [-0.39, 0.29) is 30.8 Å². The van der Waals surface area contributed by atoms with Crippen molar-refractivity contribution in [3.8, 4) is 6.07 Å². The Bertz CT molecular complexity index is 1990. The zero-order valence-corrected chi connectivity index (χ0v) is 29.2. The topological polar surface area (TPSA) is 155 Å². The minimum Gasteiger partial charge on any atom is -0.382 e. The van der Waals surface area contributed by atoms with Crippen LogP contribution in [0.5, 0.6) is 0 Å². The summed E-state index contributed by atoms with van der Waals surface area (Å²) in [7, 11) is 0. The highest BCUT2D eigenvalue weighted by Crippen LogP contribution is 2.35. The van der Waals surface area contributed by atoms with Gasteiger partial charge in [0.25, 0.3) is 17.7 Å². The molecule has 5 amide bonds. The van der Waals surface area contributed by atoms with Crippen molar-refractivity contribution in [2.45, 2.75) is 69.7 Å². The van der Waals surface area contributed by atoms with Crippen LogP contribution in [0.4, 0.5) is 11.4 Å². The number of nitrogens with one attached hydrogen (secondary N) is 3. The van der Waals surface area contributed by atoms with Gasteiger partial charge in [-0.3, -0.25) is 39.1 Å². The zero-order chi connectivity index (χ0) is 36.1. The van der Waals surface area contributed by atoms with Gasteiger partial charge in [0.1, 0.15) is 12.1 Å². The number of fused-ring (bicyclic) bond motifs is 2. The van der Waals surface area contributed by atoms with E-state index in [0.29, 0.717) is 46.3 Å². The minimum atomic E-state index is -0.964. The van der Waals surface area contributed by atoms with Crippen LogP contribution in [-0.2, 0) is 22.7 Å². The molecule has 4 heterocycles. The van der Waals surface area contributed by atoms with Gasteiger partial charge in [-0.2, -0.15) is 5.26 Å². The van der Waals surface area contributed by atoms with Crippen molar-refractivity contribution in [3.63, 3.8) is 0 Å². The molecule has 3 aromatic carbocycles. The molecule has 13 heteroatoms. The molecule has 1 atom stereocenters. The highest BCUT2D eigenvalue weighted by Gasteiger charge is 2.45. The van der Waals surface area contributed by atoms with Gasteiger partial charge >= 0.3 is 0 Å². The van der Waals surface area contributed by atoms with Gasteiger partial charge in [-0.1, -0.05) is 11.6 Å². The van der Waals surface area contributed by atoms with E-state index in [1.54, 1.807) is 24.3 Å². The molecular formula is C39H38ClN7O5. The van der Waals surface area contributed by atoms with Gasteiger partial charge in [-0.15, -0.1) is 0 Å². The number of benzene rings is 3. The Morgan fingerprint density at radius 3 is 2.13 bits per heavy atom. The predicted molar refractivity (Wildman–Crippen MR) is 193 cm³/mol. The number of carbonyl (C=O) groups is 5. The lowest BCUT2D eigenvalue weighted by molar-refractivity contribution is -0.136. The minimum absolute atomic E-state index is 0.0602. The van der Waals surface area contributed by atoms with E-state index in [0.717, 1.165) is 72.7 Å². The first-order chi connectivity index (χ1) is 25.1. The molecule has 8 rings (SSSR count).